The molecule has 5 nitrogen and oxygen atoms in total. The van der Waals surface area contributed by atoms with Crippen LogP contribution in [0.15, 0.2) is 19.0 Å². The van der Waals surface area contributed by atoms with Crippen molar-refractivity contribution < 1.29 is 13.0 Å². The summed E-state index contributed by atoms with van der Waals surface area (Å²) in [6, 6.07) is 0. The largest absolute Gasteiger partial charge is 0.331 e. The molecule has 0 atom stereocenters. The van der Waals surface area contributed by atoms with E-state index in [1.54, 1.807) is 23.0 Å². The molecule has 0 aliphatic heterocycles. The molecule has 0 fully saturated rings. The Morgan fingerprint density at radius 1 is 1.64 bits per heavy atom. The molecule has 1 N–H and O–H groups in total. The Bertz CT molecular complexity index is 408. The van der Waals surface area contributed by atoms with Crippen molar-refractivity contribution in [2.24, 2.45) is 0 Å². The first-order valence-electron chi connectivity index (χ1n) is 4.11. The molecular weight excluding hydrogens is 204 g/mol. The fourth-order valence-electron chi connectivity index (χ4n) is 1.12. The number of hydrogen-bond acceptors (Lipinski definition) is 3. The Labute approximate surface area is 82.8 Å². The summed E-state index contributed by atoms with van der Waals surface area (Å²) in [4.78, 5) is 3.98. The molecule has 0 aliphatic rings. The second-order valence-corrected chi connectivity index (χ2v) is 4.39. The third-order valence-corrected chi connectivity index (χ3v) is 2.54. The molecule has 6 heteroatoms. The Hall–Kier alpha value is -1.14. The van der Waals surface area contributed by atoms with Gasteiger partial charge in [0, 0.05) is 18.9 Å². The van der Waals surface area contributed by atoms with Gasteiger partial charge < -0.3 is 4.57 Å². The molecule has 0 aliphatic carbocycles. The Morgan fingerprint density at radius 2 is 2.36 bits per heavy atom. The van der Waals surface area contributed by atoms with Crippen LogP contribution in [0.3, 0.4) is 0 Å². The molecule has 0 radical (unpaired) electrons. The molecule has 0 spiro atoms. The first-order valence-corrected chi connectivity index (χ1v) is 5.72. The van der Waals surface area contributed by atoms with Crippen LogP contribution in [0.5, 0.6) is 0 Å². The molecule has 0 saturated carbocycles. The number of rotatable bonds is 5. The molecule has 14 heavy (non-hydrogen) atoms. The lowest BCUT2D eigenvalue weighted by atomic mass is 10.4. The second-order valence-electron chi connectivity index (χ2n) is 2.82. The molecule has 0 aromatic carbocycles. The molecule has 0 unspecified atom stereocenters. The number of nitrogens with zero attached hydrogens (tertiary/aromatic N) is 2. The van der Waals surface area contributed by atoms with Gasteiger partial charge in [0.15, 0.2) is 0 Å². The van der Waals surface area contributed by atoms with Gasteiger partial charge in [-0.05, 0) is 12.5 Å². The maximum absolute atomic E-state index is 10.4. The van der Waals surface area contributed by atoms with Crippen LogP contribution in [0, 0.1) is 0 Å². The third-order valence-electron chi connectivity index (χ3n) is 1.73. The van der Waals surface area contributed by atoms with Gasteiger partial charge >= 0.3 is 0 Å². The first-order chi connectivity index (χ1) is 6.53. The van der Waals surface area contributed by atoms with Crippen LogP contribution in [-0.4, -0.2) is 28.3 Å². The number of imidazole rings is 1. The van der Waals surface area contributed by atoms with Crippen molar-refractivity contribution in [1.82, 2.24) is 9.55 Å². The van der Waals surface area contributed by atoms with Crippen LogP contribution in [0.25, 0.3) is 6.08 Å². The smallest absolute Gasteiger partial charge is 0.264 e. The Kier molecular flexibility index (Phi) is 3.43. The molecule has 0 saturated heterocycles. The normalized spacial score (nSPS) is 11.5. The van der Waals surface area contributed by atoms with Gasteiger partial charge in [-0.25, -0.2) is 4.98 Å². The summed E-state index contributed by atoms with van der Waals surface area (Å²) < 4.78 is 31.1. The van der Waals surface area contributed by atoms with Crippen molar-refractivity contribution in [2.45, 2.75) is 13.0 Å². The molecule has 1 aromatic heterocycles. The zero-order valence-corrected chi connectivity index (χ0v) is 8.44. The lowest BCUT2D eigenvalue weighted by Gasteiger charge is -2.03. The summed E-state index contributed by atoms with van der Waals surface area (Å²) in [6.45, 7) is 4.07. The van der Waals surface area contributed by atoms with Crippen molar-refractivity contribution in [2.75, 3.05) is 5.75 Å². The van der Waals surface area contributed by atoms with E-state index >= 15 is 0 Å². The van der Waals surface area contributed by atoms with Crippen LogP contribution < -0.4 is 0 Å². The average molecular weight is 216 g/mol. The fraction of sp³-hybridized carbons (Fsp3) is 0.375. The highest BCUT2D eigenvalue weighted by Gasteiger charge is 2.04. The van der Waals surface area contributed by atoms with E-state index in [-0.39, 0.29) is 5.75 Å². The molecular formula is C8H12N2O3S. The highest BCUT2D eigenvalue weighted by Crippen LogP contribution is 2.01. The van der Waals surface area contributed by atoms with Crippen LogP contribution in [0.1, 0.15) is 12.2 Å². The van der Waals surface area contributed by atoms with E-state index < -0.39 is 10.1 Å². The lowest BCUT2D eigenvalue weighted by Crippen LogP contribution is -2.08. The summed E-state index contributed by atoms with van der Waals surface area (Å²) in [7, 11) is -3.86. The minimum atomic E-state index is -3.86. The molecule has 1 aromatic rings. The van der Waals surface area contributed by atoms with Gasteiger partial charge in [-0.3, -0.25) is 4.55 Å². The third kappa shape index (κ3) is 3.31. The molecule has 0 amide bonds. The van der Waals surface area contributed by atoms with E-state index in [0.29, 0.717) is 18.8 Å². The summed E-state index contributed by atoms with van der Waals surface area (Å²) in [5.41, 5.74) is 0. The van der Waals surface area contributed by atoms with Gasteiger partial charge in [0.2, 0.25) is 0 Å². The predicted molar refractivity (Wildman–Crippen MR) is 53.4 cm³/mol. The van der Waals surface area contributed by atoms with Gasteiger partial charge in [-0.1, -0.05) is 6.58 Å². The zero-order chi connectivity index (χ0) is 10.6. The van der Waals surface area contributed by atoms with Crippen molar-refractivity contribution in [1.29, 1.82) is 0 Å². The maximum atomic E-state index is 10.4. The van der Waals surface area contributed by atoms with E-state index in [9.17, 15) is 8.42 Å². The number of aromatic nitrogens is 2. The van der Waals surface area contributed by atoms with Crippen molar-refractivity contribution in [3.05, 3.63) is 24.8 Å². The highest BCUT2D eigenvalue weighted by atomic mass is 32.2. The summed E-state index contributed by atoms with van der Waals surface area (Å²) in [6.07, 6.45) is 5.30. The molecule has 1 rings (SSSR count). The monoisotopic (exact) mass is 216 g/mol. The zero-order valence-electron chi connectivity index (χ0n) is 7.63. The van der Waals surface area contributed by atoms with Crippen LogP contribution >= 0.6 is 0 Å². The molecule has 1 heterocycles. The van der Waals surface area contributed by atoms with E-state index in [0.717, 1.165) is 0 Å². The topological polar surface area (TPSA) is 72.2 Å². The van der Waals surface area contributed by atoms with Crippen molar-refractivity contribution >= 4 is 16.2 Å². The van der Waals surface area contributed by atoms with Crippen LogP contribution in [-0.2, 0) is 16.7 Å². The summed E-state index contributed by atoms with van der Waals surface area (Å²) in [5.74, 6) is 0.460. The van der Waals surface area contributed by atoms with E-state index in [4.69, 9.17) is 4.55 Å². The maximum Gasteiger partial charge on any atom is 0.264 e. The van der Waals surface area contributed by atoms with Crippen LogP contribution in [0.4, 0.5) is 0 Å². The van der Waals surface area contributed by atoms with Gasteiger partial charge in [-0.2, -0.15) is 8.42 Å². The average Bonchev–Trinajstić information content (AvgIpc) is 2.49. The van der Waals surface area contributed by atoms with Gasteiger partial charge in [0.1, 0.15) is 5.82 Å². The number of aryl methyl sites for hydroxylation is 1. The van der Waals surface area contributed by atoms with E-state index in [1.807, 2.05) is 0 Å². The van der Waals surface area contributed by atoms with E-state index in [2.05, 4.69) is 11.6 Å². The highest BCUT2D eigenvalue weighted by molar-refractivity contribution is 7.85. The fourth-order valence-corrected chi connectivity index (χ4v) is 1.61. The lowest BCUT2D eigenvalue weighted by molar-refractivity contribution is 0.478. The SMILES string of the molecule is C=Cc1nccn1CCCS(=O)(=O)O. The van der Waals surface area contributed by atoms with Crippen molar-refractivity contribution in [3.63, 3.8) is 0 Å². The minimum Gasteiger partial charge on any atom is -0.331 e. The summed E-state index contributed by atoms with van der Waals surface area (Å²) in [5, 5.41) is 0. The van der Waals surface area contributed by atoms with Gasteiger partial charge in [0.25, 0.3) is 10.1 Å². The quantitative estimate of drug-likeness (QED) is 0.739. The first kappa shape index (κ1) is 10.9. The van der Waals surface area contributed by atoms with Gasteiger partial charge in [0.05, 0.1) is 5.75 Å². The number of hydrogen-bond donors (Lipinski definition) is 1. The minimum absolute atomic E-state index is 0.234. The standard InChI is InChI=1S/C8H12N2O3S/c1-2-8-9-4-6-10(8)5-3-7-14(11,12)13/h2,4,6H,1,3,5,7H2,(H,11,12,13). The Balaban J connectivity index is 2.50. The second kappa shape index (κ2) is 4.39. The predicted octanol–water partition coefficient (Wildman–Crippen LogP) is 0.804. The van der Waals surface area contributed by atoms with Gasteiger partial charge in [-0.15, -0.1) is 0 Å². The van der Waals surface area contributed by atoms with Crippen molar-refractivity contribution in [3.8, 4) is 0 Å². The summed E-state index contributed by atoms with van der Waals surface area (Å²) >= 11 is 0. The molecule has 0 bridgehead atoms. The Morgan fingerprint density at radius 3 is 2.93 bits per heavy atom. The van der Waals surface area contributed by atoms with E-state index in [1.165, 1.54) is 0 Å². The van der Waals surface area contributed by atoms with Crippen LogP contribution in [0.2, 0.25) is 0 Å². The molecule has 78 valence electrons.